The van der Waals surface area contributed by atoms with E-state index in [0.717, 1.165) is 22.3 Å². The third-order valence-electron chi connectivity index (χ3n) is 9.49. The van der Waals surface area contributed by atoms with Gasteiger partial charge in [0.2, 0.25) is 12.6 Å². The Morgan fingerprint density at radius 3 is 2.46 bits per heavy atom. The number of piperazine rings is 1. The van der Waals surface area contributed by atoms with Crippen molar-refractivity contribution in [1.82, 2.24) is 9.80 Å². The number of ether oxygens (including phenoxy) is 3. The molecule has 5 aliphatic heterocycles. The number of benzene rings is 2. The number of fused-ring (bicyclic) bond motifs is 9. The maximum absolute atomic E-state index is 12.7. The number of hydrogen-bond donors (Lipinski definition) is 2. The summed E-state index contributed by atoms with van der Waals surface area (Å²) in [5.74, 6) is -0.558. The standard InChI is InChI=1S/C29H29N3O7S.Ac/c1-11-5-14-6-15-16(7-30)32-17-8-37-29(36)18(33)9-40-28(23(32)22(31(15)4)19(14)24(34)12(11)2)21-20(17)27-26(38-10-39-27)13(3)25(21)35;/h5,15-17,22-23,28,34-35H,6,8-10H2,1-4H3;/t15-,16?,17+,22+,23?,28+;/m0./s1. The summed E-state index contributed by atoms with van der Waals surface area (Å²) in [4.78, 5) is 29.6. The van der Waals surface area contributed by atoms with Crippen LogP contribution in [0.1, 0.15) is 56.3 Å². The first-order valence-electron chi connectivity index (χ1n) is 13.3. The number of phenolic OH excluding ortho intramolecular Hbond substituents is 2. The van der Waals surface area contributed by atoms with Crippen LogP contribution < -0.4 is 9.47 Å². The van der Waals surface area contributed by atoms with E-state index in [0.29, 0.717) is 34.6 Å². The first-order chi connectivity index (χ1) is 19.1. The van der Waals surface area contributed by atoms with Crippen LogP contribution in [0, 0.1) is 76.2 Å². The fourth-order valence-electron chi connectivity index (χ4n) is 7.50. The molecule has 2 N–H and O–H groups in total. The van der Waals surface area contributed by atoms with E-state index in [4.69, 9.17) is 14.2 Å². The molecule has 12 heteroatoms. The monoisotopic (exact) mass is 790 g/mol. The molecule has 2 unspecified atom stereocenters. The van der Waals surface area contributed by atoms with Crippen molar-refractivity contribution in [3.8, 4) is 29.1 Å². The van der Waals surface area contributed by atoms with Gasteiger partial charge >= 0.3 is 5.97 Å². The van der Waals surface area contributed by atoms with E-state index < -0.39 is 35.1 Å². The number of nitrogens with zero attached hydrogens (tertiary/aromatic N) is 3. The summed E-state index contributed by atoms with van der Waals surface area (Å²) < 4.78 is 17.3. The van der Waals surface area contributed by atoms with E-state index in [1.165, 1.54) is 11.8 Å². The van der Waals surface area contributed by atoms with E-state index in [1.54, 1.807) is 6.92 Å². The zero-order chi connectivity index (χ0) is 28.2. The number of hydrogen-bond acceptors (Lipinski definition) is 11. The van der Waals surface area contributed by atoms with Crippen LogP contribution in [0.3, 0.4) is 0 Å². The van der Waals surface area contributed by atoms with Crippen molar-refractivity contribution >= 4 is 23.5 Å². The number of esters is 1. The van der Waals surface area contributed by atoms with Gasteiger partial charge in [-0.25, -0.2) is 4.79 Å². The average molecular weight is 791 g/mol. The zero-order valence-electron chi connectivity index (χ0n) is 23.1. The largest absolute Gasteiger partial charge is 0.507 e. The van der Waals surface area contributed by atoms with Crippen LogP contribution in [0.25, 0.3) is 0 Å². The van der Waals surface area contributed by atoms with Gasteiger partial charge in [-0.3, -0.25) is 14.6 Å². The molecule has 2 aromatic carbocycles. The quantitative estimate of drug-likeness (QED) is 0.302. The zero-order valence-corrected chi connectivity index (χ0v) is 28.7. The maximum atomic E-state index is 12.7. The number of carbonyl (C=O) groups excluding carboxylic acids is 2. The predicted molar refractivity (Wildman–Crippen MR) is 143 cm³/mol. The topological polar surface area (TPSA) is 133 Å². The van der Waals surface area contributed by atoms with Gasteiger partial charge in [0, 0.05) is 78.4 Å². The van der Waals surface area contributed by atoms with E-state index >= 15 is 0 Å². The van der Waals surface area contributed by atoms with Gasteiger partial charge in [-0.2, -0.15) is 5.26 Å². The molecule has 2 fully saturated rings. The molecule has 0 amide bonds. The molecule has 5 aliphatic rings. The second-order valence-electron chi connectivity index (χ2n) is 11.3. The number of thioether (sulfide) groups is 1. The molecule has 6 atom stereocenters. The Morgan fingerprint density at radius 2 is 1.73 bits per heavy atom. The van der Waals surface area contributed by atoms with Crippen LogP contribution in [0.5, 0.6) is 23.0 Å². The molecule has 2 saturated heterocycles. The molecule has 1 radical (unpaired) electrons. The minimum Gasteiger partial charge on any atom is -0.507 e. The second-order valence-corrected chi connectivity index (χ2v) is 12.4. The van der Waals surface area contributed by atoms with Gasteiger partial charge in [0.25, 0.3) is 0 Å². The SMILES string of the molecule is Cc1cc2c(c(O)c1C)[C@@H]1C3[C@@H]4SCC(=O)C(=O)OC[C@H](c5c6c(c(C)c(O)c54)OCO6)N3C(C#N)[C@H](C2)N1C.[Ac]. The molecule has 4 bridgehead atoms. The summed E-state index contributed by atoms with van der Waals surface area (Å²) in [5.41, 5.74) is 5.33. The Labute approximate surface area is 277 Å². The molecule has 10 nitrogen and oxygen atoms in total. The fraction of sp³-hybridized carbons (Fsp3) is 0.483. The number of ketones is 1. The number of likely N-dealkylation sites (N-methyl/N-ethyl adjacent to an activating group) is 1. The van der Waals surface area contributed by atoms with Crippen LogP contribution in [0.4, 0.5) is 0 Å². The molecule has 2 aromatic rings. The van der Waals surface area contributed by atoms with E-state index in [2.05, 4.69) is 21.9 Å². The molecule has 0 aliphatic carbocycles. The Kier molecular flexibility index (Phi) is 7.31. The van der Waals surface area contributed by atoms with Gasteiger partial charge in [-0.1, -0.05) is 6.07 Å². The van der Waals surface area contributed by atoms with Gasteiger partial charge in [-0.15, -0.1) is 11.8 Å². The molecular formula is C29H29AcN3O7S. The van der Waals surface area contributed by atoms with E-state index in [1.807, 2.05) is 20.9 Å². The van der Waals surface area contributed by atoms with Crippen molar-refractivity contribution < 1.29 is 78.1 Å². The molecule has 0 aromatic heterocycles. The first kappa shape index (κ1) is 29.1. The summed E-state index contributed by atoms with van der Waals surface area (Å²) in [6.45, 7) is 5.41. The Bertz CT molecular complexity index is 1560. The van der Waals surface area contributed by atoms with Crippen LogP contribution in [-0.2, 0) is 20.7 Å². The third kappa shape index (κ3) is 3.92. The number of Topliss-reactive ketones (excluding diaryl/α,β-unsaturated/α-hetero) is 1. The van der Waals surface area contributed by atoms with Gasteiger partial charge in [0.05, 0.1) is 29.2 Å². The van der Waals surface area contributed by atoms with Crippen LogP contribution in [0.15, 0.2) is 6.07 Å². The first-order valence-corrected chi connectivity index (χ1v) is 14.4. The summed E-state index contributed by atoms with van der Waals surface area (Å²) >= 11 is 1.25. The Hall–Kier alpha value is -2.02. The van der Waals surface area contributed by atoms with Crippen molar-refractivity contribution in [2.24, 2.45) is 0 Å². The molecular weight excluding hydrogens is 761 g/mol. The normalized spacial score (nSPS) is 29.9. The summed E-state index contributed by atoms with van der Waals surface area (Å²) in [7, 11) is 1.97. The van der Waals surface area contributed by atoms with E-state index in [9.17, 15) is 25.1 Å². The molecule has 7 rings (SSSR count). The van der Waals surface area contributed by atoms with Gasteiger partial charge in [0.15, 0.2) is 11.5 Å². The second kappa shape index (κ2) is 10.3. The van der Waals surface area contributed by atoms with Crippen molar-refractivity contribution in [2.75, 3.05) is 26.2 Å². The van der Waals surface area contributed by atoms with E-state index in [-0.39, 0.29) is 86.8 Å². The Balaban J connectivity index is 0.00000302. The van der Waals surface area contributed by atoms with Crippen molar-refractivity contribution in [2.45, 2.75) is 62.7 Å². The molecule has 41 heavy (non-hydrogen) atoms. The molecule has 0 saturated carbocycles. The minimum absolute atomic E-state index is 0. The van der Waals surface area contributed by atoms with Crippen LogP contribution >= 0.6 is 11.8 Å². The maximum Gasteiger partial charge on any atom is 0.375 e. The fourth-order valence-corrected chi connectivity index (χ4v) is 8.84. The van der Waals surface area contributed by atoms with Crippen molar-refractivity contribution in [3.05, 3.63) is 45.0 Å². The number of nitriles is 1. The number of aromatic hydroxyl groups is 2. The number of phenols is 2. The number of rotatable bonds is 0. The Morgan fingerprint density at radius 1 is 1.02 bits per heavy atom. The number of cyclic esters (lactones) is 1. The smallest absolute Gasteiger partial charge is 0.375 e. The molecule has 211 valence electrons. The van der Waals surface area contributed by atoms with Gasteiger partial charge in [-0.05, 0) is 50.9 Å². The summed E-state index contributed by atoms with van der Waals surface area (Å²) in [5, 5.41) is 33.3. The van der Waals surface area contributed by atoms with Crippen LogP contribution in [-0.4, -0.2) is 76.1 Å². The van der Waals surface area contributed by atoms with Crippen LogP contribution in [0.2, 0.25) is 0 Å². The minimum atomic E-state index is -0.916. The third-order valence-corrected chi connectivity index (χ3v) is 10.8. The van der Waals surface area contributed by atoms with Crippen molar-refractivity contribution in [3.63, 3.8) is 0 Å². The molecule has 5 heterocycles. The predicted octanol–water partition coefficient (Wildman–Crippen LogP) is 2.88. The van der Waals surface area contributed by atoms with Gasteiger partial charge < -0.3 is 24.4 Å². The van der Waals surface area contributed by atoms with Gasteiger partial charge in [0.1, 0.15) is 24.1 Å². The number of carbonyl (C=O) groups is 2. The summed E-state index contributed by atoms with van der Waals surface area (Å²) in [6.07, 6.45) is 0.561. The average Bonchev–Trinajstić information content (AvgIpc) is 3.42. The molecule has 0 spiro atoms. The number of aryl methyl sites for hydroxylation is 1. The summed E-state index contributed by atoms with van der Waals surface area (Å²) in [6, 6.07) is 2.33. The van der Waals surface area contributed by atoms with Crippen molar-refractivity contribution in [1.29, 1.82) is 5.26 Å².